The average molecular weight is 94.2 g/mol. The van der Waals surface area contributed by atoms with Gasteiger partial charge in [0.1, 0.15) is 0 Å². The summed E-state index contributed by atoms with van der Waals surface area (Å²) in [4.78, 5) is 0. The Morgan fingerprint density at radius 1 is 1.57 bits per heavy atom. The van der Waals surface area contributed by atoms with E-state index in [1.165, 1.54) is 6.42 Å². The highest BCUT2D eigenvalue weighted by molar-refractivity contribution is 5.15. The Bertz CT molecular complexity index is 113. The SMILES string of the molecule is C[C@@H]1[C@H]2C=CC[C@@H]12. The number of fused-ring (bicyclic) bond motifs is 1. The van der Waals surface area contributed by atoms with Crippen molar-refractivity contribution in [1.29, 1.82) is 0 Å². The topological polar surface area (TPSA) is 0 Å². The molecule has 2 aliphatic rings. The van der Waals surface area contributed by atoms with Gasteiger partial charge in [-0.15, -0.1) is 0 Å². The number of hydrogen-bond donors (Lipinski definition) is 0. The van der Waals surface area contributed by atoms with Gasteiger partial charge in [0.05, 0.1) is 0 Å². The minimum absolute atomic E-state index is 1.000. The van der Waals surface area contributed by atoms with Crippen LogP contribution in [0, 0.1) is 17.8 Å². The number of allylic oxidation sites excluding steroid dienone is 2. The third-order valence-electron chi connectivity index (χ3n) is 2.40. The maximum absolute atomic E-state index is 2.37. The first-order chi connectivity index (χ1) is 3.39. The van der Waals surface area contributed by atoms with Crippen LogP contribution in [0.2, 0.25) is 0 Å². The van der Waals surface area contributed by atoms with E-state index in [1.54, 1.807) is 0 Å². The van der Waals surface area contributed by atoms with E-state index in [0.29, 0.717) is 0 Å². The Morgan fingerprint density at radius 3 is 2.71 bits per heavy atom. The van der Waals surface area contributed by atoms with Gasteiger partial charge in [-0.25, -0.2) is 0 Å². The van der Waals surface area contributed by atoms with Crippen LogP contribution >= 0.6 is 0 Å². The van der Waals surface area contributed by atoms with Crippen molar-refractivity contribution in [1.82, 2.24) is 0 Å². The summed E-state index contributed by atoms with van der Waals surface area (Å²) >= 11 is 0. The third kappa shape index (κ3) is 0.324. The lowest BCUT2D eigenvalue weighted by atomic mass is 10.2. The predicted molar refractivity (Wildman–Crippen MR) is 29.9 cm³/mol. The van der Waals surface area contributed by atoms with Gasteiger partial charge in [-0.05, 0) is 24.2 Å². The van der Waals surface area contributed by atoms with Gasteiger partial charge in [0.25, 0.3) is 0 Å². The summed E-state index contributed by atoms with van der Waals surface area (Å²) in [5, 5.41) is 0. The van der Waals surface area contributed by atoms with Crippen molar-refractivity contribution in [3.8, 4) is 0 Å². The zero-order chi connectivity index (χ0) is 4.85. The van der Waals surface area contributed by atoms with E-state index in [-0.39, 0.29) is 0 Å². The zero-order valence-electron chi connectivity index (χ0n) is 4.59. The summed E-state index contributed by atoms with van der Waals surface area (Å²) in [7, 11) is 0. The number of rotatable bonds is 0. The first-order valence-electron chi connectivity index (χ1n) is 3.06. The largest absolute Gasteiger partial charge is 0.0879 e. The highest BCUT2D eigenvalue weighted by Gasteiger charge is 2.46. The van der Waals surface area contributed by atoms with Gasteiger partial charge in [0.15, 0.2) is 0 Å². The van der Waals surface area contributed by atoms with Crippen LogP contribution in [0.15, 0.2) is 12.2 Å². The molecular formula is C7H10. The molecule has 0 heterocycles. The Balaban J connectivity index is 2.18. The van der Waals surface area contributed by atoms with Gasteiger partial charge in [-0.3, -0.25) is 0 Å². The molecule has 0 spiro atoms. The van der Waals surface area contributed by atoms with Crippen molar-refractivity contribution in [2.45, 2.75) is 13.3 Å². The fourth-order valence-electron chi connectivity index (χ4n) is 1.66. The molecule has 0 unspecified atom stereocenters. The Hall–Kier alpha value is -0.260. The Morgan fingerprint density at radius 2 is 2.43 bits per heavy atom. The fourth-order valence-corrected chi connectivity index (χ4v) is 1.66. The average Bonchev–Trinajstić information content (AvgIpc) is 2.26. The predicted octanol–water partition coefficient (Wildman–Crippen LogP) is 1.83. The second-order valence-corrected chi connectivity index (χ2v) is 2.76. The zero-order valence-corrected chi connectivity index (χ0v) is 4.59. The van der Waals surface area contributed by atoms with Crippen LogP contribution in [-0.2, 0) is 0 Å². The molecule has 0 aromatic carbocycles. The van der Waals surface area contributed by atoms with Gasteiger partial charge < -0.3 is 0 Å². The summed E-state index contributed by atoms with van der Waals surface area (Å²) in [6.45, 7) is 2.35. The van der Waals surface area contributed by atoms with Crippen LogP contribution in [0.4, 0.5) is 0 Å². The Labute approximate surface area is 44.2 Å². The molecule has 2 aliphatic carbocycles. The molecule has 0 radical (unpaired) electrons. The molecule has 0 saturated heterocycles. The molecule has 7 heavy (non-hydrogen) atoms. The van der Waals surface area contributed by atoms with Gasteiger partial charge in [0, 0.05) is 0 Å². The van der Waals surface area contributed by atoms with Crippen LogP contribution in [0.25, 0.3) is 0 Å². The summed E-state index contributed by atoms with van der Waals surface area (Å²) in [6.07, 6.45) is 6.05. The molecule has 1 fully saturated rings. The van der Waals surface area contributed by atoms with Crippen molar-refractivity contribution in [3.05, 3.63) is 12.2 Å². The maximum Gasteiger partial charge on any atom is -0.0171 e. The van der Waals surface area contributed by atoms with Crippen molar-refractivity contribution in [3.63, 3.8) is 0 Å². The molecule has 1 saturated carbocycles. The molecule has 38 valence electrons. The smallest absolute Gasteiger partial charge is 0.0171 e. The molecule has 2 rings (SSSR count). The Kier molecular flexibility index (Phi) is 0.495. The highest BCUT2D eigenvalue weighted by Crippen LogP contribution is 2.52. The van der Waals surface area contributed by atoms with Gasteiger partial charge in [0.2, 0.25) is 0 Å². The molecule has 3 atom stereocenters. The van der Waals surface area contributed by atoms with Crippen LogP contribution in [-0.4, -0.2) is 0 Å². The minimum Gasteiger partial charge on any atom is -0.0879 e. The van der Waals surface area contributed by atoms with Crippen molar-refractivity contribution < 1.29 is 0 Å². The molecule has 0 aromatic rings. The summed E-state index contributed by atoms with van der Waals surface area (Å²) < 4.78 is 0. The van der Waals surface area contributed by atoms with Crippen LogP contribution in [0.5, 0.6) is 0 Å². The van der Waals surface area contributed by atoms with E-state index in [9.17, 15) is 0 Å². The van der Waals surface area contributed by atoms with Crippen molar-refractivity contribution in [2.24, 2.45) is 17.8 Å². The number of hydrogen-bond acceptors (Lipinski definition) is 0. The highest BCUT2D eigenvalue weighted by atomic mass is 14.5. The van der Waals surface area contributed by atoms with Crippen molar-refractivity contribution >= 4 is 0 Å². The molecule has 0 amide bonds. The molecule has 0 nitrogen and oxygen atoms in total. The van der Waals surface area contributed by atoms with Crippen molar-refractivity contribution in [2.75, 3.05) is 0 Å². The standard InChI is InChI=1S/C7H10/c1-5-6-3-2-4-7(5)6/h2-3,5-7H,4H2,1H3/t5-,6-,7+/m1/s1. The van der Waals surface area contributed by atoms with E-state index in [1.807, 2.05) is 0 Å². The first-order valence-corrected chi connectivity index (χ1v) is 3.06. The van der Waals surface area contributed by atoms with Gasteiger partial charge in [-0.1, -0.05) is 19.1 Å². The molecule has 0 aromatic heterocycles. The summed E-state index contributed by atoms with van der Waals surface area (Å²) in [5.41, 5.74) is 0. The van der Waals surface area contributed by atoms with E-state index in [4.69, 9.17) is 0 Å². The normalized spacial score (nSPS) is 54.7. The molecule has 0 bridgehead atoms. The summed E-state index contributed by atoms with van der Waals surface area (Å²) in [6, 6.07) is 0. The van der Waals surface area contributed by atoms with E-state index >= 15 is 0 Å². The van der Waals surface area contributed by atoms with Crippen LogP contribution in [0.3, 0.4) is 0 Å². The lowest BCUT2D eigenvalue weighted by Crippen LogP contribution is -1.70. The molecule has 0 heteroatoms. The quantitative estimate of drug-likeness (QED) is 0.402. The second-order valence-electron chi connectivity index (χ2n) is 2.76. The second kappa shape index (κ2) is 0.936. The summed E-state index contributed by atoms with van der Waals surface area (Å²) in [5.74, 6) is 3.10. The lowest BCUT2D eigenvalue weighted by molar-refractivity contribution is 0.770. The fraction of sp³-hybridized carbons (Fsp3) is 0.714. The molecule has 0 N–H and O–H groups in total. The molecule has 0 aliphatic heterocycles. The van der Waals surface area contributed by atoms with Gasteiger partial charge in [-0.2, -0.15) is 0 Å². The van der Waals surface area contributed by atoms with E-state index < -0.39 is 0 Å². The first kappa shape index (κ1) is 3.71. The minimum atomic E-state index is 1.000. The maximum atomic E-state index is 2.37. The van der Waals surface area contributed by atoms with Crippen LogP contribution < -0.4 is 0 Å². The monoisotopic (exact) mass is 94.1 g/mol. The lowest BCUT2D eigenvalue weighted by Gasteiger charge is -1.81. The van der Waals surface area contributed by atoms with E-state index in [0.717, 1.165) is 17.8 Å². The molecular weight excluding hydrogens is 84.1 g/mol. The van der Waals surface area contributed by atoms with Crippen LogP contribution in [0.1, 0.15) is 13.3 Å². The van der Waals surface area contributed by atoms with Gasteiger partial charge >= 0.3 is 0 Å². The third-order valence-corrected chi connectivity index (χ3v) is 2.40. The van der Waals surface area contributed by atoms with E-state index in [2.05, 4.69) is 19.1 Å².